The lowest BCUT2D eigenvalue weighted by Crippen LogP contribution is -2.45. The normalized spacial score (nSPS) is 14.4. The van der Waals surface area contributed by atoms with Crippen LogP contribution in [0.1, 0.15) is 28.4 Å². The number of amides is 2. The molecule has 2 aromatic rings. The van der Waals surface area contributed by atoms with Crippen molar-refractivity contribution in [2.24, 2.45) is 0 Å². The van der Waals surface area contributed by atoms with Gasteiger partial charge in [-0.15, -0.1) is 0 Å². The molecule has 5 heteroatoms. The van der Waals surface area contributed by atoms with Gasteiger partial charge in [-0.25, -0.2) is 4.39 Å². The molecule has 0 aromatic heterocycles. The van der Waals surface area contributed by atoms with Crippen LogP contribution in [-0.4, -0.2) is 29.3 Å². The van der Waals surface area contributed by atoms with Crippen molar-refractivity contribution < 1.29 is 14.0 Å². The molecule has 3 rings (SSSR count). The van der Waals surface area contributed by atoms with Gasteiger partial charge in [-0.2, -0.15) is 0 Å². The van der Waals surface area contributed by atoms with Crippen molar-refractivity contribution in [2.45, 2.75) is 19.4 Å². The van der Waals surface area contributed by atoms with E-state index in [0.29, 0.717) is 24.2 Å². The van der Waals surface area contributed by atoms with E-state index in [1.165, 1.54) is 17.0 Å². The second-order valence-corrected chi connectivity index (χ2v) is 6.01. The number of nitrogens with one attached hydrogen (secondary N) is 1. The zero-order valence-corrected chi connectivity index (χ0v) is 14.0. The highest BCUT2D eigenvalue weighted by atomic mass is 19.1. The molecule has 2 aromatic carbocycles. The number of hydrogen-bond donors (Lipinski definition) is 1. The first-order valence-electron chi connectivity index (χ1n) is 8.13. The van der Waals surface area contributed by atoms with Gasteiger partial charge in [0.25, 0.3) is 5.91 Å². The number of rotatable bonds is 5. The van der Waals surface area contributed by atoms with Crippen molar-refractivity contribution in [1.82, 2.24) is 10.2 Å². The summed E-state index contributed by atoms with van der Waals surface area (Å²) in [4.78, 5) is 26.4. The Balaban J connectivity index is 1.60. The minimum Gasteiger partial charge on any atom is -0.354 e. The van der Waals surface area contributed by atoms with Gasteiger partial charge in [0.2, 0.25) is 5.91 Å². The summed E-state index contributed by atoms with van der Waals surface area (Å²) in [6, 6.07) is 12.7. The van der Waals surface area contributed by atoms with E-state index < -0.39 is 6.04 Å². The van der Waals surface area contributed by atoms with Crippen LogP contribution < -0.4 is 5.32 Å². The average Bonchev–Trinajstić information content (AvgIpc) is 2.87. The van der Waals surface area contributed by atoms with Crippen LogP contribution in [0, 0.1) is 5.82 Å². The van der Waals surface area contributed by atoms with E-state index in [-0.39, 0.29) is 17.6 Å². The summed E-state index contributed by atoms with van der Waals surface area (Å²) in [7, 11) is 0. The zero-order valence-electron chi connectivity index (χ0n) is 14.0. The van der Waals surface area contributed by atoms with Crippen molar-refractivity contribution in [1.29, 1.82) is 0 Å². The lowest BCUT2D eigenvalue weighted by Gasteiger charge is -2.24. The third kappa shape index (κ3) is 3.31. The molecule has 0 bridgehead atoms. The van der Waals surface area contributed by atoms with Gasteiger partial charge in [0.1, 0.15) is 11.9 Å². The predicted octanol–water partition coefficient (Wildman–Crippen LogP) is 3.00. The minimum atomic E-state index is -0.652. The van der Waals surface area contributed by atoms with E-state index in [1.54, 1.807) is 31.2 Å². The molecule has 2 amide bonds. The van der Waals surface area contributed by atoms with Crippen molar-refractivity contribution in [3.63, 3.8) is 0 Å². The van der Waals surface area contributed by atoms with Crippen LogP contribution in [0.15, 0.2) is 55.1 Å². The summed E-state index contributed by atoms with van der Waals surface area (Å²) in [5.41, 5.74) is 2.81. The van der Waals surface area contributed by atoms with Crippen LogP contribution in [0.25, 0.3) is 5.70 Å². The lowest BCUT2D eigenvalue weighted by molar-refractivity contribution is -0.124. The van der Waals surface area contributed by atoms with Crippen LogP contribution in [0.4, 0.5) is 4.39 Å². The van der Waals surface area contributed by atoms with Crippen molar-refractivity contribution in [3.05, 3.63) is 77.6 Å². The highest BCUT2D eigenvalue weighted by Gasteiger charge is 2.36. The number of halogens is 1. The van der Waals surface area contributed by atoms with E-state index in [0.717, 1.165) is 11.1 Å². The third-order valence-electron chi connectivity index (χ3n) is 4.37. The molecule has 1 N–H and O–H groups in total. The maximum Gasteiger partial charge on any atom is 0.259 e. The predicted molar refractivity (Wildman–Crippen MR) is 94.2 cm³/mol. The number of hydrogen-bond acceptors (Lipinski definition) is 2. The molecular formula is C20H19FN2O2. The summed E-state index contributed by atoms with van der Waals surface area (Å²) in [6.07, 6.45) is 0.591. The van der Waals surface area contributed by atoms with Gasteiger partial charge in [0, 0.05) is 23.4 Å². The molecule has 0 fully saturated rings. The van der Waals surface area contributed by atoms with Gasteiger partial charge in [-0.3, -0.25) is 14.5 Å². The average molecular weight is 338 g/mol. The molecule has 25 heavy (non-hydrogen) atoms. The molecule has 1 aliphatic heterocycles. The fraction of sp³-hybridized carbons (Fsp3) is 0.200. The molecule has 1 heterocycles. The standard InChI is InChI=1S/C20H19FN2O2/c1-13-17-5-3-4-6-18(17)20(25)23(13)14(2)19(24)22-12-11-15-7-9-16(21)10-8-15/h3-10,14H,1,11-12H2,2H3,(H,22,24). The maximum absolute atomic E-state index is 12.9. The van der Waals surface area contributed by atoms with Crippen LogP contribution in [-0.2, 0) is 11.2 Å². The molecule has 1 atom stereocenters. The Morgan fingerprint density at radius 1 is 1.16 bits per heavy atom. The van der Waals surface area contributed by atoms with Crippen molar-refractivity contribution >= 4 is 17.5 Å². The molecule has 1 unspecified atom stereocenters. The summed E-state index contributed by atoms with van der Waals surface area (Å²) < 4.78 is 12.9. The monoisotopic (exact) mass is 338 g/mol. The van der Waals surface area contributed by atoms with Gasteiger partial charge in [-0.05, 0) is 37.1 Å². The molecule has 0 aliphatic carbocycles. The van der Waals surface area contributed by atoms with Gasteiger partial charge >= 0.3 is 0 Å². The largest absolute Gasteiger partial charge is 0.354 e. The van der Waals surface area contributed by atoms with Gasteiger partial charge < -0.3 is 5.32 Å². The minimum absolute atomic E-state index is 0.207. The Morgan fingerprint density at radius 3 is 2.44 bits per heavy atom. The number of benzene rings is 2. The van der Waals surface area contributed by atoms with Crippen molar-refractivity contribution in [2.75, 3.05) is 6.54 Å². The van der Waals surface area contributed by atoms with Crippen LogP contribution in [0.5, 0.6) is 0 Å². The highest BCUT2D eigenvalue weighted by Crippen LogP contribution is 2.32. The molecule has 128 valence electrons. The molecule has 1 aliphatic rings. The molecule has 0 spiro atoms. The van der Waals surface area contributed by atoms with E-state index in [4.69, 9.17) is 0 Å². The summed E-state index contributed by atoms with van der Waals surface area (Å²) >= 11 is 0. The molecule has 4 nitrogen and oxygen atoms in total. The fourth-order valence-electron chi connectivity index (χ4n) is 2.96. The first-order chi connectivity index (χ1) is 12.0. The maximum atomic E-state index is 12.9. The molecule has 0 saturated carbocycles. The topological polar surface area (TPSA) is 49.4 Å². The molecule has 0 radical (unpaired) electrons. The van der Waals surface area contributed by atoms with E-state index in [2.05, 4.69) is 11.9 Å². The summed E-state index contributed by atoms with van der Waals surface area (Å²) in [6.45, 7) is 6.05. The van der Waals surface area contributed by atoms with Gasteiger partial charge in [-0.1, -0.05) is 36.9 Å². The summed E-state index contributed by atoms with van der Waals surface area (Å²) in [5, 5.41) is 2.82. The number of fused-ring (bicyclic) bond motifs is 1. The van der Waals surface area contributed by atoms with Gasteiger partial charge in [0.15, 0.2) is 0 Å². The molecular weight excluding hydrogens is 319 g/mol. The number of carbonyl (C=O) groups excluding carboxylic acids is 2. The second kappa shape index (κ2) is 6.89. The Hall–Kier alpha value is -2.95. The molecule has 0 saturated heterocycles. The number of nitrogens with zero attached hydrogens (tertiary/aromatic N) is 1. The highest BCUT2D eigenvalue weighted by molar-refractivity contribution is 6.10. The van der Waals surface area contributed by atoms with E-state index >= 15 is 0 Å². The van der Waals surface area contributed by atoms with E-state index in [9.17, 15) is 14.0 Å². The summed E-state index contributed by atoms with van der Waals surface area (Å²) in [5.74, 6) is -0.738. The second-order valence-electron chi connectivity index (χ2n) is 6.01. The van der Waals surface area contributed by atoms with Crippen molar-refractivity contribution in [3.8, 4) is 0 Å². The SMILES string of the molecule is C=C1c2ccccc2C(=O)N1C(C)C(=O)NCCc1ccc(F)cc1. The van der Waals surface area contributed by atoms with E-state index in [1.807, 2.05) is 12.1 Å². The van der Waals surface area contributed by atoms with Gasteiger partial charge in [0.05, 0.1) is 0 Å². The first-order valence-corrected chi connectivity index (χ1v) is 8.13. The zero-order chi connectivity index (χ0) is 18.0. The third-order valence-corrected chi connectivity index (χ3v) is 4.37. The van der Waals surface area contributed by atoms with Crippen LogP contribution >= 0.6 is 0 Å². The Labute approximate surface area is 146 Å². The fourth-order valence-corrected chi connectivity index (χ4v) is 2.96. The Bertz CT molecular complexity index is 795. The quantitative estimate of drug-likeness (QED) is 0.911. The van der Waals surface area contributed by atoms with Crippen LogP contribution in [0.3, 0.4) is 0 Å². The Kier molecular flexibility index (Phi) is 4.65. The van der Waals surface area contributed by atoms with Crippen LogP contribution in [0.2, 0.25) is 0 Å². The smallest absolute Gasteiger partial charge is 0.259 e. The first kappa shape index (κ1) is 16.9. The number of carbonyl (C=O) groups is 2. The lowest BCUT2D eigenvalue weighted by atomic mass is 10.1. The Morgan fingerprint density at radius 2 is 1.80 bits per heavy atom.